The van der Waals surface area contributed by atoms with Gasteiger partial charge in [0.05, 0.1) is 23.4 Å². The van der Waals surface area contributed by atoms with Crippen molar-refractivity contribution in [1.29, 1.82) is 0 Å². The van der Waals surface area contributed by atoms with Crippen molar-refractivity contribution in [3.8, 4) is 11.3 Å². The van der Waals surface area contributed by atoms with Crippen LogP contribution < -0.4 is 16.4 Å². The summed E-state index contributed by atoms with van der Waals surface area (Å²) in [6.07, 6.45) is 1.76. The number of amides is 2. The Kier molecular flexibility index (Phi) is 5.27. The van der Waals surface area contributed by atoms with Crippen LogP contribution in [0.5, 0.6) is 0 Å². The average molecular weight is 527 g/mol. The molecule has 0 unspecified atom stereocenters. The molecular weight excluding hydrogens is 507 g/mol. The van der Waals surface area contributed by atoms with E-state index in [1.807, 2.05) is 0 Å². The highest BCUT2D eigenvalue weighted by Crippen LogP contribution is 2.59. The Morgan fingerprint density at radius 2 is 2.00 bits per heavy atom. The summed E-state index contributed by atoms with van der Waals surface area (Å²) in [6, 6.07) is 3.71. The molecule has 0 saturated heterocycles. The van der Waals surface area contributed by atoms with Crippen LogP contribution in [0.4, 0.5) is 35.3 Å². The van der Waals surface area contributed by atoms with Gasteiger partial charge in [-0.25, -0.2) is 19.7 Å². The minimum atomic E-state index is -4.46. The molecule has 0 spiro atoms. The van der Waals surface area contributed by atoms with Crippen LogP contribution in [-0.4, -0.2) is 53.0 Å². The summed E-state index contributed by atoms with van der Waals surface area (Å²) in [7, 11) is 0. The lowest BCUT2D eigenvalue weighted by Crippen LogP contribution is -2.28. The molecule has 5 aromatic heterocycles. The Balaban J connectivity index is 1.28. The Hall–Kier alpha value is -4.66. The molecule has 1 aliphatic rings. The van der Waals surface area contributed by atoms with Gasteiger partial charge < -0.3 is 25.2 Å². The number of hydrogen-bond acceptors (Lipinski definition) is 8. The monoisotopic (exact) mass is 527 g/mol. The third-order valence-electron chi connectivity index (χ3n) is 6.61. The number of imidazole rings is 1. The van der Waals surface area contributed by atoms with Crippen LogP contribution in [0.2, 0.25) is 0 Å². The molecule has 0 radical (unpaired) electrons. The van der Waals surface area contributed by atoms with Crippen LogP contribution in [0.15, 0.2) is 47.6 Å². The van der Waals surface area contributed by atoms with Crippen molar-refractivity contribution in [1.82, 2.24) is 29.1 Å². The molecule has 12 nitrogen and oxygen atoms in total. The van der Waals surface area contributed by atoms with Crippen molar-refractivity contribution in [3.63, 3.8) is 0 Å². The Bertz CT molecular complexity index is 1680. The topological polar surface area (TPSA) is 161 Å². The number of nitrogens with one attached hydrogen (secondary N) is 2. The van der Waals surface area contributed by atoms with Crippen molar-refractivity contribution in [2.24, 2.45) is 0 Å². The summed E-state index contributed by atoms with van der Waals surface area (Å²) in [6.45, 7) is 0.198. The number of aliphatic hydroxyl groups is 1. The lowest BCUT2D eigenvalue weighted by molar-refractivity contribution is -0.165. The number of aliphatic hydroxyl groups excluding tert-OH is 1. The number of halogens is 3. The van der Waals surface area contributed by atoms with Gasteiger partial charge in [0.15, 0.2) is 17.2 Å². The second kappa shape index (κ2) is 8.44. The molecule has 1 aliphatic carbocycles. The molecule has 5 N–H and O–H groups in total. The molecule has 15 heteroatoms. The van der Waals surface area contributed by atoms with Crippen molar-refractivity contribution >= 4 is 40.0 Å². The SMILES string of the molecule is Nc1ncnc2c1c(-c1ccc(NC(=O)Nc3cc(C4(C(F)(F)F)CC4)on3)c3nccn13)cn2CCO. The van der Waals surface area contributed by atoms with Crippen LogP contribution in [-0.2, 0) is 12.0 Å². The minimum absolute atomic E-state index is 0.0853. The summed E-state index contributed by atoms with van der Waals surface area (Å²) >= 11 is 0. The van der Waals surface area contributed by atoms with E-state index in [9.17, 15) is 23.1 Å². The van der Waals surface area contributed by atoms with Crippen LogP contribution in [0.25, 0.3) is 27.9 Å². The van der Waals surface area contributed by atoms with E-state index < -0.39 is 17.6 Å². The summed E-state index contributed by atoms with van der Waals surface area (Å²) < 4.78 is 48.4. The summed E-state index contributed by atoms with van der Waals surface area (Å²) in [5.74, 6) is -0.206. The van der Waals surface area contributed by atoms with Gasteiger partial charge >= 0.3 is 12.2 Å². The van der Waals surface area contributed by atoms with Crippen LogP contribution in [0.3, 0.4) is 0 Å². The molecule has 6 rings (SSSR count). The molecule has 2 amide bonds. The molecule has 0 aromatic carbocycles. The van der Waals surface area contributed by atoms with E-state index in [1.165, 1.54) is 6.33 Å². The van der Waals surface area contributed by atoms with Gasteiger partial charge in [-0.1, -0.05) is 5.16 Å². The zero-order chi connectivity index (χ0) is 26.7. The van der Waals surface area contributed by atoms with Crippen molar-refractivity contribution < 1.29 is 27.6 Å². The number of pyridine rings is 1. The van der Waals surface area contributed by atoms with Gasteiger partial charge in [0.25, 0.3) is 0 Å². The van der Waals surface area contributed by atoms with Gasteiger partial charge in [-0.2, -0.15) is 13.2 Å². The molecule has 1 saturated carbocycles. The first-order valence-electron chi connectivity index (χ1n) is 11.5. The average Bonchev–Trinajstić information content (AvgIpc) is 3.18. The molecule has 0 atom stereocenters. The van der Waals surface area contributed by atoms with E-state index >= 15 is 0 Å². The van der Waals surface area contributed by atoms with Crippen molar-refractivity contribution in [3.05, 3.63) is 48.9 Å². The van der Waals surface area contributed by atoms with E-state index in [-0.39, 0.29) is 36.8 Å². The highest BCUT2D eigenvalue weighted by molar-refractivity contribution is 6.03. The third-order valence-corrected chi connectivity index (χ3v) is 6.61. The largest absolute Gasteiger partial charge is 0.401 e. The normalized spacial score (nSPS) is 14.7. The summed E-state index contributed by atoms with van der Waals surface area (Å²) in [5.41, 5.74) is 6.77. The predicted molar refractivity (Wildman–Crippen MR) is 129 cm³/mol. The third kappa shape index (κ3) is 3.70. The van der Waals surface area contributed by atoms with E-state index in [0.29, 0.717) is 40.2 Å². The first kappa shape index (κ1) is 23.7. The van der Waals surface area contributed by atoms with Gasteiger partial charge in [0.1, 0.15) is 23.2 Å². The number of hydrogen-bond donors (Lipinski definition) is 4. The number of rotatable bonds is 6. The number of urea groups is 1. The van der Waals surface area contributed by atoms with E-state index in [0.717, 1.165) is 6.07 Å². The maximum Gasteiger partial charge on any atom is 0.401 e. The van der Waals surface area contributed by atoms with Crippen LogP contribution >= 0.6 is 0 Å². The van der Waals surface area contributed by atoms with Crippen molar-refractivity contribution in [2.75, 3.05) is 23.0 Å². The zero-order valence-electron chi connectivity index (χ0n) is 19.5. The lowest BCUT2D eigenvalue weighted by Gasteiger charge is -2.15. The number of nitrogen functional groups attached to an aromatic ring is 1. The molecule has 196 valence electrons. The Morgan fingerprint density at radius 3 is 2.74 bits per heavy atom. The molecule has 0 aliphatic heterocycles. The molecule has 5 aromatic rings. The highest BCUT2D eigenvalue weighted by atomic mass is 19.4. The number of carbonyl (C=O) groups is 1. The highest BCUT2D eigenvalue weighted by Gasteiger charge is 2.66. The predicted octanol–water partition coefficient (Wildman–Crippen LogP) is 3.55. The van der Waals surface area contributed by atoms with Gasteiger partial charge in [0, 0.05) is 36.8 Å². The Morgan fingerprint density at radius 1 is 1.18 bits per heavy atom. The van der Waals surface area contributed by atoms with Crippen molar-refractivity contribution in [2.45, 2.75) is 31.0 Å². The molecule has 0 bridgehead atoms. The second-order valence-corrected chi connectivity index (χ2v) is 8.91. The number of anilines is 3. The molecule has 1 fully saturated rings. The fourth-order valence-corrected chi connectivity index (χ4v) is 4.57. The Labute approximate surface area is 211 Å². The fourth-order valence-electron chi connectivity index (χ4n) is 4.57. The maximum absolute atomic E-state index is 13.3. The number of carbonyl (C=O) groups excluding carboxylic acids is 1. The van der Waals surface area contributed by atoms with Gasteiger partial charge in [-0.15, -0.1) is 0 Å². The standard InChI is InChI=1S/C23H20F3N9O3/c24-23(25,26)22(3-4-22)15-9-16(33-38-15)32-21(37)31-13-1-2-14(35-6-5-28-19(13)35)12-10-34(7-8-36)20-17(12)18(27)29-11-30-20/h1-2,5-6,9-11,36H,3-4,7-8H2,(H2,27,29,30)(H2,31,32,33,37). The van der Waals surface area contributed by atoms with E-state index in [2.05, 4.69) is 30.7 Å². The second-order valence-electron chi connectivity index (χ2n) is 8.91. The zero-order valence-corrected chi connectivity index (χ0v) is 19.5. The van der Waals surface area contributed by atoms with Crippen LogP contribution in [0.1, 0.15) is 18.6 Å². The first-order chi connectivity index (χ1) is 18.2. The van der Waals surface area contributed by atoms with Gasteiger partial charge in [-0.05, 0) is 25.0 Å². The first-order valence-corrected chi connectivity index (χ1v) is 11.5. The lowest BCUT2D eigenvalue weighted by atomic mass is 10.0. The fraction of sp³-hybridized carbons (Fsp3) is 0.261. The quantitative estimate of drug-likeness (QED) is 0.261. The van der Waals surface area contributed by atoms with E-state index in [4.69, 9.17) is 10.3 Å². The van der Waals surface area contributed by atoms with Gasteiger partial charge in [-0.3, -0.25) is 9.72 Å². The number of aromatic nitrogens is 6. The number of nitrogens with two attached hydrogens (primary N) is 1. The number of alkyl halides is 3. The maximum atomic E-state index is 13.3. The van der Waals surface area contributed by atoms with E-state index in [1.54, 1.807) is 39.7 Å². The van der Waals surface area contributed by atoms with Crippen LogP contribution in [0, 0.1) is 0 Å². The summed E-state index contributed by atoms with van der Waals surface area (Å²) in [4.78, 5) is 25.4. The molecular formula is C23H20F3N9O3. The molecule has 38 heavy (non-hydrogen) atoms. The number of nitrogens with zero attached hydrogens (tertiary/aromatic N) is 6. The minimum Gasteiger partial charge on any atom is -0.395 e. The smallest absolute Gasteiger partial charge is 0.395 e. The summed E-state index contributed by atoms with van der Waals surface area (Å²) in [5, 5.41) is 18.7. The number of fused-ring (bicyclic) bond motifs is 2. The van der Waals surface area contributed by atoms with Gasteiger partial charge in [0.2, 0.25) is 0 Å². The molecule has 5 heterocycles.